The molecule has 1 fully saturated rings. The standard InChI is InChI=1S/C13H17BrF3N3O2/c1-8-11(14)12(13(15,16)17)19-20(8)5-4-10(21)18-7-9-3-2-6-22-9/h9H,2-7H2,1H3,(H,18,21)/t9-/m0/s1. The van der Waals surface area contributed by atoms with E-state index in [2.05, 4.69) is 26.3 Å². The van der Waals surface area contributed by atoms with Gasteiger partial charge in [-0.05, 0) is 35.7 Å². The highest BCUT2D eigenvalue weighted by Gasteiger charge is 2.37. The van der Waals surface area contributed by atoms with Crippen molar-refractivity contribution in [2.24, 2.45) is 0 Å². The van der Waals surface area contributed by atoms with E-state index in [4.69, 9.17) is 4.74 Å². The quantitative estimate of drug-likeness (QED) is 0.850. The molecule has 0 aromatic carbocycles. The summed E-state index contributed by atoms with van der Waals surface area (Å²) in [6, 6.07) is 0. The normalized spacial score (nSPS) is 18.7. The summed E-state index contributed by atoms with van der Waals surface area (Å²) < 4.78 is 44.7. The Hall–Kier alpha value is -1.09. The van der Waals surface area contributed by atoms with Gasteiger partial charge in [0.05, 0.1) is 22.8 Å². The number of carbonyl (C=O) groups excluding carboxylic acids is 1. The van der Waals surface area contributed by atoms with E-state index in [0.29, 0.717) is 18.8 Å². The molecule has 22 heavy (non-hydrogen) atoms. The van der Waals surface area contributed by atoms with E-state index in [-0.39, 0.29) is 29.4 Å². The first-order chi connectivity index (χ1) is 10.3. The van der Waals surface area contributed by atoms with Gasteiger partial charge in [-0.15, -0.1) is 0 Å². The second-order valence-corrected chi connectivity index (χ2v) is 5.95. The molecule has 1 aliphatic rings. The van der Waals surface area contributed by atoms with Gasteiger partial charge in [0.2, 0.25) is 5.91 Å². The summed E-state index contributed by atoms with van der Waals surface area (Å²) in [5.41, 5.74) is -0.621. The number of hydrogen-bond acceptors (Lipinski definition) is 3. The minimum Gasteiger partial charge on any atom is -0.376 e. The van der Waals surface area contributed by atoms with E-state index in [9.17, 15) is 18.0 Å². The summed E-state index contributed by atoms with van der Waals surface area (Å²) in [5.74, 6) is -0.227. The summed E-state index contributed by atoms with van der Waals surface area (Å²) in [7, 11) is 0. The van der Waals surface area contributed by atoms with Gasteiger partial charge in [0.1, 0.15) is 0 Å². The zero-order chi connectivity index (χ0) is 16.3. The van der Waals surface area contributed by atoms with Crippen molar-refractivity contribution in [2.45, 2.75) is 45.0 Å². The molecule has 1 aromatic rings. The summed E-state index contributed by atoms with van der Waals surface area (Å²) in [6.45, 7) is 2.77. The fraction of sp³-hybridized carbons (Fsp3) is 0.692. The van der Waals surface area contributed by atoms with Crippen molar-refractivity contribution in [1.82, 2.24) is 15.1 Å². The Kier molecular flexibility index (Phi) is 5.49. The number of halogens is 4. The summed E-state index contributed by atoms with van der Waals surface area (Å²) >= 11 is 2.90. The minimum absolute atomic E-state index is 0.0429. The number of alkyl halides is 3. The number of aromatic nitrogens is 2. The Morgan fingerprint density at radius 3 is 2.82 bits per heavy atom. The van der Waals surface area contributed by atoms with Gasteiger partial charge in [0, 0.05) is 19.6 Å². The molecular weight excluding hydrogens is 367 g/mol. The van der Waals surface area contributed by atoms with Gasteiger partial charge >= 0.3 is 6.18 Å². The highest BCUT2D eigenvalue weighted by molar-refractivity contribution is 9.10. The minimum atomic E-state index is -4.52. The lowest BCUT2D eigenvalue weighted by molar-refractivity contribution is -0.142. The van der Waals surface area contributed by atoms with Gasteiger partial charge in [-0.3, -0.25) is 9.48 Å². The molecule has 1 aliphatic heterocycles. The number of nitrogens with one attached hydrogen (secondary N) is 1. The number of aryl methyl sites for hydroxylation is 1. The molecule has 1 saturated heterocycles. The zero-order valence-electron chi connectivity index (χ0n) is 12.0. The van der Waals surface area contributed by atoms with Crippen molar-refractivity contribution in [1.29, 1.82) is 0 Å². The summed E-state index contributed by atoms with van der Waals surface area (Å²) in [4.78, 5) is 11.7. The van der Waals surface area contributed by atoms with Crippen LogP contribution in [0, 0.1) is 6.92 Å². The van der Waals surface area contributed by atoms with Gasteiger partial charge in [0.15, 0.2) is 5.69 Å². The Balaban J connectivity index is 1.87. The highest BCUT2D eigenvalue weighted by atomic mass is 79.9. The first-order valence-electron chi connectivity index (χ1n) is 6.97. The first-order valence-corrected chi connectivity index (χ1v) is 7.76. The molecule has 2 rings (SSSR count). The van der Waals surface area contributed by atoms with Crippen LogP contribution in [0.5, 0.6) is 0 Å². The van der Waals surface area contributed by atoms with Crippen LogP contribution in [0.15, 0.2) is 4.47 Å². The van der Waals surface area contributed by atoms with Crippen LogP contribution in [0.1, 0.15) is 30.7 Å². The van der Waals surface area contributed by atoms with Crippen LogP contribution >= 0.6 is 15.9 Å². The molecule has 0 saturated carbocycles. The maximum Gasteiger partial charge on any atom is 0.436 e. The Morgan fingerprint density at radius 1 is 1.55 bits per heavy atom. The molecule has 9 heteroatoms. The van der Waals surface area contributed by atoms with Gasteiger partial charge in [-0.1, -0.05) is 0 Å². The van der Waals surface area contributed by atoms with E-state index in [1.807, 2.05) is 0 Å². The molecule has 124 valence electrons. The number of hydrogen-bond donors (Lipinski definition) is 1. The summed E-state index contributed by atoms with van der Waals surface area (Å²) in [6.07, 6.45) is -2.50. The number of amides is 1. The largest absolute Gasteiger partial charge is 0.436 e. The van der Waals surface area contributed by atoms with Crippen LogP contribution in [0.2, 0.25) is 0 Å². The molecule has 0 radical (unpaired) electrons. The predicted octanol–water partition coefficient (Wildman–Crippen LogP) is 2.66. The van der Waals surface area contributed by atoms with Gasteiger partial charge < -0.3 is 10.1 Å². The lowest BCUT2D eigenvalue weighted by Gasteiger charge is -2.11. The number of rotatable bonds is 5. The van der Waals surface area contributed by atoms with Crippen molar-refractivity contribution in [3.05, 3.63) is 15.9 Å². The molecule has 0 aliphatic carbocycles. The third-order valence-electron chi connectivity index (χ3n) is 3.50. The molecule has 1 atom stereocenters. The van der Waals surface area contributed by atoms with E-state index in [1.165, 1.54) is 11.6 Å². The van der Waals surface area contributed by atoms with E-state index in [0.717, 1.165) is 12.8 Å². The molecule has 2 heterocycles. The lowest BCUT2D eigenvalue weighted by atomic mass is 10.2. The van der Waals surface area contributed by atoms with Gasteiger partial charge in [0.25, 0.3) is 0 Å². The Morgan fingerprint density at radius 2 is 2.27 bits per heavy atom. The second kappa shape index (κ2) is 6.99. The molecule has 0 spiro atoms. The number of ether oxygens (including phenoxy) is 1. The van der Waals surface area contributed by atoms with Crippen LogP contribution in [0.4, 0.5) is 13.2 Å². The Labute approximate surface area is 134 Å². The van der Waals surface area contributed by atoms with Gasteiger partial charge in [-0.2, -0.15) is 18.3 Å². The van der Waals surface area contributed by atoms with Crippen molar-refractivity contribution in [3.63, 3.8) is 0 Å². The van der Waals surface area contributed by atoms with Crippen LogP contribution in [0.25, 0.3) is 0 Å². The smallest absolute Gasteiger partial charge is 0.376 e. The Bertz CT molecular complexity index is 539. The SMILES string of the molecule is Cc1c(Br)c(C(F)(F)F)nn1CCC(=O)NC[C@@H]1CCCO1. The van der Waals surface area contributed by atoms with Gasteiger partial charge in [-0.25, -0.2) is 0 Å². The lowest BCUT2D eigenvalue weighted by Crippen LogP contribution is -2.32. The number of carbonyl (C=O) groups is 1. The zero-order valence-corrected chi connectivity index (χ0v) is 13.6. The maximum absolute atomic E-state index is 12.7. The molecule has 1 amide bonds. The highest BCUT2D eigenvalue weighted by Crippen LogP contribution is 2.35. The molecule has 5 nitrogen and oxygen atoms in total. The fourth-order valence-electron chi connectivity index (χ4n) is 2.25. The molecular formula is C13H17BrF3N3O2. The molecule has 1 aromatic heterocycles. The van der Waals surface area contributed by atoms with E-state index < -0.39 is 11.9 Å². The van der Waals surface area contributed by atoms with Crippen molar-refractivity contribution in [3.8, 4) is 0 Å². The maximum atomic E-state index is 12.7. The van der Waals surface area contributed by atoms with Crippen molar-refractivity contribution in [2.75, 3.05) is 13.2 Å². The van der Waals surface area contributed by atoms with Crippen molar-refractivity contribution < 1.29 is 22.7 Å². The second-order valence-electron chi connectivity index (χ2n) is 5.16. The molecule has 0 bridgehead atoms. The monoisotopic (exact) mass is 383 g/mol. The van der Waals surface area contributed by atoms with Crippen LogP contribution in [-0.2, 0) is 22.3 Å². The first kappa shape index (κ1) is 17.3. The molecule has 1 N–H and O–H groups in total. The average molecular weight is 384 g/mol. The predicted molar refractivity (Wildman–Crippen MR) is 76.3 cm³/mol. The average Bonchev–Trinajstić information content (AvgIpc) is 3.04. The number of nitrogens with zero attached hydrogens (tertiary/aromatic N) is 2. The molecule has 0 unspecified atom stereocenters. The fourth-order valence-corrected chi connectivity index (χ4v) is 2.76. The third kappa shape index (κ3) is 4.22. The van der Waals surface area contributed by atoms with Crippen molar-refractivity contribution >= 4 is 21.8 Å². The topological polar surface area (TPSA) is 56.2 Å². The third-order valence-corrected chi connectivity index (χ3v) is 4.45. The summed E-state index contributed by atoms with van der Waals surface area (Å²) in [5, 5.41) is 6.26. The van der Waals surface area contributed by atoms with Crippen LogP contribution < -0.4 is 5.32 Å². The van der Waals surface area contributed by atoms with Crippen LogP contribution in [0.3, 0.4) is 0 Å². The van der Waals surface area contributed by atoms with Crippen LogP contribution in [-0.4, -0.2) is 34.9 Å². The van der Waals surface area contributed by atoms with E-state index >= 15 is 0 Å². The van der Waals surface area contributed by atoms with E-state index in [1.54, 1.807) is 0 Å².